The largest absolute Gasteiger partial charge is 0.573 e. The molecule has 1 N–H and O–H groups in total. The second-order valence-electron chi connectivity index (χ2n) is 8.40. The summed E-state index contributed by atoms with van der Waals surface area (Å²) >= 11 is 5.88. The number of hydrazone groups is 1. The van der Waals surface area contributed by atoms with Gasteiger partial charge in [-0.05, 0) is 55.3 Å². The monoisotopic (exact) mass is 519 g/mol. The normalized spacial score (nSPS) is 18.3. The zero-order valence-corrected chi connectivity index (χ0v) is 19.3. The molecule has 3 rings (SSSR count). The molecule has 0 radical (unpaired) electrons. The maximum Gasteiger partial charge on any atom is 0.573 e. The van der Waals surface area contributed by atoms with Gasteiger partial charge in [0.25, 0.3) is 0 Å². The molecule has 1 aliphatic rings. The third-order valence-corrected chi connectivity index (χ3v) is 5.42. The average Bonchev–Trinajstić information content (AvgIpc) is 3.03. The van der Waals surface area contributed by atoms with Gasteiger partial charge in [0.15, 0.2) is 0 Å². The van der Waals surface area contributed by atoms with Crippen molar-refractivity contribution in [2.45, 2.75) is 32.8 Å². The number of nitrogens with one attached hydrogen (secondary N) is 1. The molecule has 0 aromatic heterocycles. The van der Waals surface area contributed by atoms with Crippen LogP contribution in [0.25, 0.3) is 0 Å². The Morgan fingerprint density at radius 1 is 1.17 bits per heavy atom. The van der Waals surface area contributed by atoms with E-state index < -0.39 is 40.3 Å². The molecule has 2 aromatic carbocycles. The second kappa shape index (κ2) is 9.44. The van der Waals surface area contributed by atoms with Crippen LogP contribution >= 0.6 is 11.6 Å². The van der Waals surface area contributed by atoms with E-state index in [4.69, 9.17) is 11.6 Å². The Labute approximate surface area is 202 Å². The van der Waals surface area contributed by atoms with E-state index in [1.54, 1.807) is 13.8 Å². The van der Waals surface area contributed by atoms with Crippen LogP contribution in [0.15, 0.2) is 59.7 Å². The van der Waals surface area contributed by atoms with Crippen LogP contribution in [0, 0.1) is 5.41 Å². The van der Waals surface area contributed by atoms with Crippen LogP contribution < -0.4 is 10.1 Å². The first-order chi connectivity index (χ1) is 16.1. The SMILES string of the molecule is C=C(C)CC1(C)CN(C(=O)Nc2ccc(OC(F)(F)F)cc2)N=C1c1ccc(C(F)(F)F)c(Cl)c1. The summed E-state index contributed by atoms with van der Waals surface area (Å²) in [6.07, 6.45) is -9.08. The molecule has 0 spiro atoms. The molecule has 2 aromatic rings. The van der Waals surface area contributed by atoms with Gasteiger partial charge in [-0.25, -0.2) is 9.80 Å². The van der Waals surface area contributed by atoms with E-state index in [-0.39, 0.29) is 12.2 Å². The number of nitrogens with zero attached hydrogens (tertiary/aromatic N) is 2. The maximum atomic E-state index is 13.1. The summed E-state index contributed by atoms with van der Waals surface area (Å²) in [6.45, 7) is 7.53. The first-order valence-electron chi connectivity index (χ1n) is 10.1. The number of ether oxygens (including phenoxy) is 1. The number of carbonyl (C=O) groups excluding carboxylic acids is 1. The van der Waals surface area contributed by atoms with Gasteiger partial charge in [0.1, 0.15) is 5.75 Å². The lowest BCUT2D eigenvalue weighted by atomic mass is 9.77. The number of benzene rings is 2. The maximum absolute atomic E-state index is 13.1. The summed E-state index contributed by atoms with van der Waals surface area (Å²) in [7, 11) is 0. The molecule has 0 bridgehead atoms. The molecular formula is C23H20ClF6N3O2. The molecule has 0 saturated heterocycles. The quantitative estimate of drug-likeness (QED) is 0.329. The van der Waals surface area contributed by atoms with Gasteiger partial charge in [-0.1, -0.05) is 30.2 Å². The predicted molar refractivity (Wildman–Crippen MR) is 119 cm³/mol. The fourth-order valence-electron chi connectivity index (χ4n) is 3.83. The number of hydrogen-bond acceptors (Lipinski definition) is 3. The minimum Gasteiger partial charge on any atom is -0.406 e. The van der Waals surface area contributed by atoms with E-state index >= 15 is 0 Å². The van der Waals surface area contributed by atoms with Crippen molar-refractivity contribution >= 4 is 29.0 Å². The lowest BCUT2D eigenvalue weighted by molar-refractivity contribution is -0.274. The molecule has 0 aliphatic carbocycles. The van der Waals surface area contributed by atoms with Crippen molar-refractivity contribution in [1.29, 1.82) is 0 Å². The fraction of sp³-hybridized carbons (Fsp3) is 0.304. The summed E-state index contributed by atoms with van der Waals surface area (Å²) in [5.74, 6) is -0.454. The Morgan fingerprint density at radius 2 is 1.80 bits per heavy atom. The van der Waals surface area contributed by atoms with E-state index in [9.17, 15) is 31.1 Å². The first kappa shape index (κ1) is 26.4. The first-order valence-corrected chi connectivity index (χ1v) is 10.5. The van der Waals surface area contributed by atoms with Gasteiger partial charge in [0.2, 0.25) is 0 Å². The van der Waals surface area contributed by atoms with Gasteiger partial charge >= 0.3 is 18.6 Å². The molecule has 1 unspecified atom stereocenters. The van der Waals surface area contributed by atoms with Crippen molar-refractivity contribution < 1.29 is 35.9 Å². The Bertz CT molecular complexity index is 1160. The number of amides is 2. The van der Waals surface area contributed by atoms with Crippen molar-refractivity contribution in [2.24, 2.45) is 10.5 Å². The highest BCUT2D eigenvalue weighted by Gasteiger charge is 2.42. The number of allylic oxidation sites excluding steroid dienone is 1. The predicted octanol–water partition coefficient (Wildman–Crippen LogP) is 7.48. The second-order valence-corrected chi connectivity index (χ2v) is 8.80. The van der Waals surface area contributed by atoms with E-state index in [2.05, 4.69) is 21.7 Å². The summed E-state index contributed by atoms with van der Waals surface area (Å²) in [6, 6.07) is 7.09. The van der Waals surface area contributed by atoms with Crippen LogP contribution in [0.2, 0.25) is 5.02 Å². The van der Waals surface area contributed by atoms with Gasteiger partial charge < -0.3 is 10.1 Å². The van der Waals surface area contributed by atoms with Crippen LogP contribution in [-0.4, -0.2) is 29.7 Å². The van der Waals surface area contributed by atoms with Crippen molar-refractivity contribution in [3.05, 3.63) is 70.8 Å². The third kappa shape index (κ3) is 6.47. The number of carbonyl (C=O) groups is 1. The molecule has 5 nitrogen and oxygen atoms in total. The van der Waals surface area contributed by atoms with Crippen LogP contribution in [-0.2, 0) is 6.18 Å². The highest BCUT2D eigenvalue weighted by molar-refractivity contribution is 6.32. The summed E-state index contributed by atoms with van der Waals surface area (Å²) in [5, 5.41) is 7.47. The van der Waals surface area contributed by atoms with Gasteiger partial charge in [-0.3, -0.25) is 0 Å². The lowest BCUT2D eigenvalue weighted by Gasteiger charge is -2.27. The molecule has 35 heavy (non-hydrogen) atoms. The zero-order valence-electron chi connectivity index (χ0n) is 18.5. The van der Waals surface area contributed by atoms with Crippen LogP contribution in [0.1, 0.15) is 31.4 Å². The highest BCUT2D eigenvalue weighted by atomic mass is 35.5. The van der Waals surface area contributed by atoms with Gasteiger partial charge in [-0.15, -0.1) is 19.8 Å². The molecule has 188 valence electrons. The standard InChI is InChI=1S/C23H20ClF6N3O2/c1-13(2)11-21(3)12-33(20(34)31-15-5-7-16(8-6-15)35-23(28,29)30)32-19(21)14-4-9-17(18(24)10-14)22(25,26)27/h4-10H,1,11-12H2,2-3H3,(H,31,34). The third-order valence-electron chi connectivity index (χ3n) is 5.10. The molecule has 1 aliphatic heterocycles. The number of hydrogen-bond donors (Lipinski definition) is 1. The molecule has 2 amide bonds. The summed E-state index contributed by atoms with van der Waals surface area (Å²) < 4.78 is 80.1. The Kier molecular flexibility index (Phi) is 7.12. The topological polar surface area (TPSA) is 53.9 Å². The van der Waals surface area contributed by atoms with Crippen molar-refractivity contribution in [1.82, 2.24) is 5.01 Å². The van der Waals surface area contributed by atoms with Crippen molar-refractivity contribution in [2.75, 3.05) is 11.9 Å². The van der Waals surface area contributed by atoms with Crippen LogP contribution in [0.3, 0.4) is 0 Å². The van der Waals surface area contributed by atoms with E-state index in [0.29, 0.717) is 17.7 Å². The summed E-state index contributed by atoms with van der Waals surface area (Å²) in [5.41, 5.74) is -0.156. The Hall–Kier alpha value is -3.21. The van der Waals surface area contributed by atoms with Crippen LogP contribution in [0.4, 0.5) is 36.8 Å². The number of urea groups is 1. The van der Waals surface area contributed by atoms with Gasteiger partial charge in [0, 0.05) is 11.1 Å². The molecular weight excluding hydrogens is 500 g/mol. The minimum atomic E-state index is -4.85. The fourth-order valence-corrected chi connectivity index (χ4v) is 4.12. The van der Waals surface area contributed by atoms with Gasteiger partial charge in [0.05, 0.1) is 22.8 Å². The average molecular weight is 520 g/mol. The van der Waals surface area contributed by atoms with Gasteiger partial charge in [-0.2, -0.15) is 18.3 Å². The molecule has 1 atom stereocenters. The van der Waals surface area contributed by atoms with Crippen LogP contribution in [0.5, 0.6) is 5.75 Å². The molecule has 12 heteroatoms. The molecule has 1 heterocycles. The smallest absolute Gasteiger partial charge is 0.406 e. The van der Waals surface area contributed by atoms with E-state index in [0.717, 1.165) is 34.8 Å². The molecule has 0 fully saturated rings. The zero-order chi connectivity index (χ0) is 26.2. The summed E-state index contributed by atoms with van der Waals surface area (Å²) in [4.78, 5) is 12.8. The Morgan fingerprint density at radius 3 is 2.31 bits per heavy atom. The minimum absolute atomic E-state index is 0.0783. The molecule has 0 saturated carbocycles. The van der Waals surface area contributed by atoms with E-state index in [1.165, 1.54) is 18.2 Å². The highest BCUT2D eigenvalue weighted by Crippen LogP contribution is 2.40. The van der Waals surface area contributed by atoms with E-state index in [1.807, 2.05) is 0 Å². The van der Waals surface area contributed by atoms with Crippen molar-refractivity contribution in [3.8, 4) is 5.75 Å². The number of rotatable bonds is 5. The van der Waals surface area contributed by atoms with Crippen molar-refractivity contribution in [3.63, 3.8) is 0 Å². The lowest BCUT2D eigenvalue weighted by Crippen LogP contribution is -2.36. The number of alkyl halides is 6. The number of anilines is 1. The Balaban J connectivity index is 1.86. The number of halogens is 7.